The Labute approximate surface area is 79.1 Å². The molecule has 0 saturated heterocycles. The first-order chi connectivity index (χ1) is 6.24. The molecule has 0 spiro atoms. The monoisotopic (exact) mass is 180 g/mol. The Morgan fingerprint density at radius 2 is 2.31 bits per heavy atom. The average molecular weight is 180 g/mol. The van der Waals surface area contributed by atoms with Crippen molar-refractivity contribution in [3.05, 3.63) is 18.5 Å². The molecule has 1 aromatic heterocycles. The van der Waals surface area contributed by atoms with E-state index in [1.807, 2.05) is 13.1 Å². The van der Waals surface area contributed by atoms with Crippen molar-refractivity contribution in [3.8, 4) is 5.75 Å². The first-order valence-corrected chi connectivity index (χ1v) is 4.48. The number of anilines is 1. The molecule has 0 fully saturated rings. The Kier molecular flexibility index (Phi) is 3.55. The summed E-state index contributed by atoms with van der Waals surface area (Å²) in [7, 11) is 1.87. The smallest absolute Gasteiger partial charge is 0.160 e. The van der Waals surface area contributed by atoms with Gasteiger partial charge in [-0.25, -0.2) is 0 Å². The highest BCUT2D eigenvalue weighted by atomic mass is 16.5. The van der Waals surface area contributed by atoms with Crippen LogP contribution < -0.4 is 10.1 Å². The summed E-state index contributed by atoms with van der Waals surface area (Å²) in [5, 5.41) is 3.05. The second kappa shape index (κ2) is 4.70. The molecule has 0 radical (unpaired) electrons. The fourth-order valence-corrected chi connectivity index (χ4v) is 0.958. The molecule has 1 N–H and O–H groups in total. The highest BCUT2D eigenvalue weighted by Gasteiger charge is 2.01. The van der Waals surface area contributed by atoms with Gasteiger partial charge in [0, 0.05) is 13.2 Å². The number of hydrogen-bond donors (Lipinski definition) is 1. The van der Waals surface area contributed by atoms with Gasteiger partial charge in [-0.15, -0.1) is 0 Å². The molecule has 0 saturated carbocycles. The molecule has 3 nitrogen and oxygen atoms in total. The zero-order valence-electron chi connectivity index (χ0n) is 8.37. The molecule has 0 aliphatic rings. The second-order valence-electron chi connectivity index (χ2n) is 3.33. The van der Waals surface area contributed by atoms with Gasteiger partial charge in [0.15, 0.2) is 5.75 Å². The number of ether oxygens (including phenoxy) is 1. The summed E-state index contributed by atoms with van der Waals surface area (Å²) in [6.07, 6.45) is 3.47. The highest BCUT2D eigenvalue weighted by molar-refractivity contribution is 5.53. The zero-order valence-corrected chi connectivity index (χ0v) is 8.37. The number of hydrogen-bond acceptors (Lipinski definition) is 3. The second-order valence-corrected chi connectivity index (χ2v) is 3.33. The Hall–Kier alpha value is -1.25. The molecule has 0 bridgehead atoms. The van der Waals surface area contributed by atoms with E-state index in [4.69, 9.17) is 4.74 Å². The lowest BCUT2D eigenvalue weighted by molar-refractivity contribution is 0.271. The van der Waals surface area contributed by atoms with Gasteiger partial charge in [0.2, 0.25) is 0 Å². The lowest BCUT2D eigenvalue weighted by Crippen LogP contribution is -2.06. The molecule has 0 amide bonds. The third-order valence-corrected chi connectivity index (χ3v) is 1.63. The fraction of sp³-hybridized carbons (Fsp3) is 0.500. The molecule has 1 rings (SSSR count). The summed E-state index contributed by atoms with van der Waals surface area (Å²) in [5.74, 6) is 1.35. The van der Waals surface area contributed by atoms with E-state index in [0.29, 0.717) is 5.92 Å². The topological polar surface area (TPSA) is 34.2 Å². The van der Waals surface area contributed by atoms with Crippen LogP contribution in [0.3, 0.4) is 0 Å². The van der Waals surface area contributed by atoms with E-state index in [-0.39, 0.29) is 0 Å². The van der Waals surface area contributed by atoms with Crippen LogP contribution in [0.2, 0.25) is 0 Å². The predicted molar refractivity (Wildman–Crippen MR) is 54.1 cm³/mol. The van der Waals surface area contributed by atoms with Gasteiger partial charge in [0.1, 0.15) is 0 Å². The molecule has 0 unspecified atom stereocenters. The van der Waals surface area contributed by atoms with Gasteiger partial charge in [-0.2, -0.15) is 0 Å². The van der Waals surface area contributed by atoms with Crippen LogP contribution in [0.15, 0.2) is 18.5 Å². The fourth-order valence-electron chi connectivity index (χ4n) is 0.958. The van der Waals surface area contributed by atoms with E-state index in [0.717, 1.165) is 18.0 Å². The van der Waals surface area contributed by atoms with Crippen LogP contribution in [0.25, 0.3) is 0 Å². The minimum absolute atomic E-state index is 0.532. The van der Waals surface area contributed by atoms with Gasteiger partial charge >= 0.3 is 0 Å². The first kappa shape index (κ1) is 9.84. The van der Waals surface area contributed by atoms with Gasteiger partial charge in [-0.3, -0.25) is 4.98 Å². The minimum atomic E-state index is 0.532. The Bertz CT molecular complexity index is 261. The Morgan fingerprint density at radius 3 is 2.92 bits per heavy atom. The molecule has 13 heavy (non-hydrogen) atoms. The van der Waals surface area contributed by atoms with Gasteiger partial charge in [0.05, 0.1) is 18.5 Å². The molecular formula is C10H16N2O. The van der Waals surface area contributed by atoms with Crippen LogP contribution >= 0.6 is 0 Å². The van der Waals surface area contributed by atoms with Crippen molar-refractivity contribution in [3.63, 3.8) is 0 Å². The van der Waals surface area contributed by atoms with E-state index in [1.165, 1.54) is 0 Å². The van der Waals surface area contributed by atoms with Crippen molar-refractivity contribution >= 4 is 5.69 Å². The van der Waals surface area contributed by atoms with Crippen LogP contribution in [-0.2, 0) is 0 Å². The number of nitrogens with one attached hydrogen (secondary N) is 1. The summed E-state index contributed by atoms with van der Waals surface area (Å²) >= 11 is 0. The summed E-state index contributed by atoms with van der Waals surface area (Å²) in [4.78, 5) is 4.01. The highest BCUT2D eigenvalue weighted by Crippen LogP contribution is 2.21. The minimum Gasteiger partial charge on any atom is -0.490 e. The van der Waals surface area contributed by atoms with E-state index in [1.54, 1.807) is 12.4 Å². The van der Waals surface area contributed by atoms with Crippen molar-refractivity contribution in [1.82, 2.24) is 4.98 Å². The quantitative estimate of drug-likeness (QED) is 0.771. The molecule has 0 aliphatic carbocycles. The third kappa shape index (κ3) is 2.93. The van der Waals surface area contributed by atoms with Gasteiger partial charge in [0.25, 0.3) is 0 Å². The Balaban J connectivity index is 2.64. The molecule has 0 aliphatic heterocycles. The van der Waals surface area contributed by atoms with Gasteiger partial charge in [-0.05, 0) is 12.0 Å². The lowest BCUT2D eigenvalue weighted by atomic mass is 10.2. The van der Waals surface area contributed by atoms with E-state index >= 15 is 0 Å². The molecule has 1 heterocycles. The largest absolute Gasteiger partial charge is 0.490 e. The maximum absolute atomic E-state index is 5.56. The maximum Gasteiger partial charge on any atom is 0.160 e. The Morgan fingerprint density at radius 1 is 1.54 bits per heavy atom. The van der Waals surface area contributed by atoms with Crippen molar-refractivity contribution in [2.75, 3.05) is 19.0 Å². The van der Waals surface area contributed by atoms with E-state index < -0.39 is 0 Å². The van der Waals surface area contributed by atoms with Crippen molar-refractivity contribution in [2.24, 2.45) is 5.92 Å². The normalized spacial score (nSPS) is 10.2. The molecule has 0 atom stereocenters. The molecule has 72 valence electrons. The van der Waals surface area contributed by atoms with Crippen LogP contribution in [0.5, 0.6) is 5.75 Å². The van der Waals surface area contributed by atoms with Crippen molar-refractivity contribution in [2.45, 2.75) is 13.8 Å². The molecular weight excluding hydrogens is 164 g/mol. The van der Waals surface area contributed by atoms with E-state index in [2.05, 4.69) is 24.1 Å². The number of aromatic nitrogens is 1. The molecule has 1 aromatic rings. The average Bonchev–Trinajstić information content (AvgIpc) is 2.15. The summed E-state index contributed by atoms with van der Waals surface area (Å²) < 4.78 is 5.56. The summed E-state index contributed by atoms with van der Waals surface area (Å²) in [6.45, 7) is 4.96. The van der Waals surface area contributed by atoms with Gasteiger partial charge < -0.3 is 10.1 Å². The van der Waals surface area contributed by atoms with Crippen LogP contribution in [0.4, 0.5) is 5.69 Å². The zero-order chi connectivity index (χ0) is 9.68. The van der Waals surface area contributed by atoms with Crippen LogP contribution in [0.1, 0.15) is 13.8 Å². The van der Waals surface area contributed by atoms with Gasteiger partial charge in [-0.1, -0.05) is 13.8 Å². The molecule has 0 aromatic carbocycles. The van der Waals surface area contributed by atoms with Crippen LogP contribution in [0, 0.1) is 5.92 Å². The molecule has 3 heteroatoms. The van der Waals surface area contributed by atoms with Crippen molar-refractivity contribution in [1.29, 1.82) is 0 Å². The van der Waals surface area contributed by atoms with Crippen molar-refractivity contribution < 1.29 is 4.74 Å². The lowest BCUT2D eigenvalue weighted by Gasteiger charge is -2.11. The predicted octanol–water partition coefficient (Wildman–Crippen LogP) is 2.16. The number of pyridine rings is 1. The van der Waals surface area contributed by atoms with Crippen LogP contribution in [-0.4, -0.2) is 18.6 Å². The maximum atomic E-state index is 5.56. The van der Waals surface area contributed by atoms with E-state index in [9.17, 15) is 0 Å². The number of rotatable bonds is 4. The summed E-state index contributed by atoms with van der Waals surface area (Å²) in [5.41, 5.74) is 0.982. The first-order valence-electron chi connectivity index (χ1n) is 4.48. The third-order valence-electron chi connectivity index (χ3n) is 1.63. The number of nitrogens with zero attached hydrogens (tertiary/aromatic N) is 1. The summed E-state index contributed by atoms with van der Waals surface area (Å²) in [6, 6.07) is 1.90. The standard InChI is InChI=1S/C10H16N2O/c1-8(2)7-13-10-6-12-5-4-9(10)11-3/h4-6,8H,7H2,1-3H3,(H,11,12). The SMILES string of the molecule is CNc1ccncc1OCC(C)C.